The van der Waals surface area contributed by atoms with Crippen molar-refractivity contribution in [3.63, 3.8) is 0 Å². The van der Waals surface area contributed by atoms with Crippen molar-refractivity contribution in [1.29, 1.82) is 0 Å². The average Bonchev–Trinajstić information content (AvgIpc) is 3.37. The van der Waals surface area contributed by atoms with Gasteiger partial charge in [0.05, 0.1) is 37.8 Å². The second kappa shape index (κ2) is 9.30. The van der Waals surface area contributed by atoms with Crippen LogP contribution in [0.15, 0.2) is 48.5 Å². The molecule has 2 aromatic carbocycles. The van der Waals surface area contributed by atoms with Gasteiger partial charge in [0.15, 0.2) is 5.69 Å². The third kappa shape index (κ3) is 4.17. The second-order valence-electron chi connectivity index (χ2n) is 8.54. The van der Waals surface area contributed by atoms with Crippen LogP contribution in [0.4, 0.5) is 0 Å². The standard InChI is InChI=1S/C26H29N5O3/c1-4-34-26(32)25-20-16-30(17-24-27-21-7-5-6-8-23(21)29(24)2)14-13-22(20)31(28-25)15-18-9-11-19(33-3)12-10-18/h5-12H,4,13-17H2,1-3H3. The zero-order valence-corrected chi connectivity index (χ0v) is 19.8. The van der Waals surface area contributed by atoms with E-state index in [2.05, 4.69) is 22.6 Å². The lowest BCUT2D eigenvalue weighted by atomic mass is 10.0. The fourth-order valence-corrected chi connectivity index (χ4v) is 4.62. The van der Waals surface area contributed by atoms with E-state index in [1.54, 1.807) is 7.11 Å². The molecule has 1 aliphatic rings. The van der Waals surface area contributed by atoms with Crippen LogP contribution in [-0.4, -0.2) is 50.5 Å². The van der Waals surface area contributed by atoms with E-state index in [4.69, 9.17) is 19.6 Å². The van der Waals surface area contributed by atoms with Crippen molar-refractivity contribution in [1.82, 2.24) is 24.2 Å². The Morgan fingerprint density at radius 3 is 2.62 bits per heavy atom. The van der Waals surface area contributed by atoms with E-state index < -0.39 is 0 Å². The Labute approximate surface area is 198 Å². The quantitative estimate of drug-likeness (QED) is 0.394. The van der Waals surface area contributed by atoms with Gasteiger partial charge in [-0.2, -0.15) is 5.10 Å². The number of methoxy groups -OCH3 is 1. The molecule has 4 aromatic rings. The Hall–Kier alpha value is -3.65. The topological polar surface area (TPSA) is 74.4 Å². The first kappa shape index (κ1) is 22.2. The first-order valence-corrected chi connectivity index (χ1v) is 11.6. The molecule has 0 amide bonds. The maximum atomic E-state index is 12.8. The summed E-state index contributed by atoms with van der Waals surface area (Å²) in [5, 5.41) is 4.71. The number of aryl methyl sites for hydroxylation is 1. The fraction of sp³-hybridized carbons (Fsp3) is 0.346. The van der Waals surface area contributed by atoms with E-state index in [1.807, 2.05) is 54.1 Å². The van der Waals surface area contributed by atoms with Crippen molar-refractivity contribution < 1.29 is 14.3 Å². The summed E-state index contributed by atoms with van der Waals surface area (Å²) in [6.45, 7) is 4.94. The lowest BCUT2D eigenvalue weighted by Gasteiger charge is -2.27. The van der Waals surface area contributed by atoms with E-state index in [0.717, 1.165) is 52.4 Å². The van der Waals surface area contributed by atoms with Gasteiger partial charge in [-0.1, -0.05) is 24.3 Å². The molecular weight excluding hydrogens is 430 g/mol. The normalized spacial score (nSPS) is 13.7. The molecule has 0 aliphatic carbocycles. The Kier molecular flexibility index (Phi) is 6.06. The molecule has 176 valence electrons. The molecule has 0 bridgehead atoms. The summed E-state index contributed by atoms with van der Waals surface area (Å²) in [4.78, 5) is 19.9. The minimum Gasteiger partial charge on any atom is -0.497 e. The Morgan fingerprint density at radius 2 is 1.88 bits per heavy atom. The molecule has 3 heterocycles. The van der Waals surface area contributed by atoms with E-state index in [-0.39, 0.29) is 5.97 Å². The van der Waals surface area contributed by atoms with Gasteiger partial charge in [0.1, 0.15) is 11.6 Å². The number of carbonyl (C=O) groups excluding carboxylic acids is 1. The number of para-hydroxylation sites is 2. The molecule has 8 nitrogen and oxygen atoms in total. The van der Waals surface area contributed by atoms with Crippen LogP contribution < -0.4 is 4.74 Å². The number of fused-ring (bicyclic) bond motifs is 2. The van der Waals surface area contributed by atoms with Crippen molar-refractivity contribution in [2.24, 2.45) is 7.05 Å². The van der Waals surface area contributed by atoms with Gasteiger partial charge in [-0.25, -0.2) is 9.78 Å². The number of carbonyl (C=O) groups is 1. The molecule has 0 spiro atoms. The molecule has 0 fully saturated rings. The van der Waals surface area contributed by atoms with Crippen molar-refractivity contribution in [2.75, 3.05) is 20.3 Å². The van der Waals surface area contributed by atoms with Crippen LogP contribution in [0, 0.1) is 0 Å². The summed E-state index contributed by atoms with van der Waals surface area (Å²) in [7, 11) is 3.71. The molecule has 0 N–H and O–H groups in total. The maximum absolute atomic E-state index is 12.8. The van der Waals surface area contributed by atoms with Crippen LogP contribution in [-0.2, 0) is 37.8 Å². The van der Waals surface area contributed by atoms with Gasteiger partial charge in [0, 0.05) is 37.8 Å². The van der Waals surface area contributed by atoms with Gasteiger partial charge < -0.3 is 14.0 Å². The number of esters is 1. The van der Waals surface area contributed by atoms with Crippen molar-refractivity contribution >= 4 is 17.0 Å². The summed E-state index contributed by atoms with van der Waals surface area (Å²) in [5.41, 5.74) is 5.69. The summed E-state index contributed by atoms with van der Waals surface area (Å²) < 4.78 is 14.7. The van der Waals surface area contributed by atoms with Crippen LogP contribution in [0.25, 0.3) is 11.0 Å². The molecule has 8 heteroatoms. The lowest BCUT2D eigenvalue weighted by Crippen LogP contribution is -2.32. The Balaban J connectivity index is 1.42. The van der Waals surface area contributed by atoms with Gasteiger partial charge in [-0.3, -0.25) is 9.58 Å². The molecule has 0 radical (unpaired) electrons. The largest absolute Gasteiger partial charge is 0.497 e. The van der Waals surface area contributed by atoms with E-state index in [0.29, 0.717) is 31.9 Å². The zero-order chi connectivity index (χ0) is 23.7. The van der Waals surface area contributed by atoms with Crippen LogP contribution in [0.1, 0.15) is 40.1 Å². The minimum absolute atomic E-state index is 0.322. The van der Waals surface area contributed by atoms with Crippen molar-refractivity contribution in [3.05, 3.63) is 76.9 Å². The van der Waals surface area contributed by atoms with Crippen molar-refractivity contribution in [2.45, 2.75) is 33.0 Å². The molecule has 0 unspecified atom stereocenters. The number of hydrogen-bond donors (Lipinski definition) is 0. The lowest BCUT2D eigenvalue weighted by molar-refractivity contribution is 0.0515. The molecule has 2 aromatic heterocycles. The third-order valence-corrected chi connectivity index (χ3v) is 6.42. The Bertz CT molecular complexity index is 1320. The Morgan fingerprint density at radius 1 is 1.09 bits per heavy atom. The molecule has 0 saturated heterocycles. The van der Waals surface area contributed by atoms with Gasteiger partial charge >= 0.3 is 5.97 Å². The highest BCUT2D eigenvalue weighted by molar-refractivity contribution is 5.89. The number of benzene rings is 2. The first-order chi connectivity index (χ1) is 16.6. The third-order valence-electron chi connectivity index (χ3n) is 6.42. The smallest absolute Gasteiger partial charge is 0.359 e. The number of aromatic nitrogens is 4. The summed E-state index contributed by atoms with van der Waals surface area (Å²) >= 11 is 0. The van der Waals surface area contributed by atoms with Crippen molar-refractivity contribution in [3.8, 4) is 5.75 Å². The number of imidazole rings is 1. The summed E-state index contributed by atoms with van der Waals surface area (Å²) in [6, 6.07) is 16.1. The number of ether oxygens (including phenoxy) is 2. The summed E-state index contributed by atoms with van der Waals surface area (Å²) in [6.07, 6.45) is 0.807. The fourth-order valence-electron chi connectivity index (χ4n) is 4.62. The SMILES string of the molecule is CCOC(=O)c1nn(Cc2ccc(OC)cc2)c2c1CN(Cc1nc3ccccc3n1C)CC2. The van der Waals surface area contributed by atoms with Gasteiger partial charge in [0.25, 0.3) is 0 Å². The molecule has 1 aliphatic heterocycles. The molecule has 0 atom stereocenters. The van der Waals surface area contributed by atoms with E-state index >= 15 is 0 Å². The van der Waals surface area contributed by atoms with Gasteiger partial charge in [-0.05, 0) is 36.8 Å². The average molecular weight is 460 g/mol. The number of nitrogens with zero attached hydrogens (tertiary/aromatic N) is 5. The summed E-state index contributed by atoms with van der Waals surface area (Å²) in [5.74, 6) is 1.46. The number of hydrogen-bond acceptors (Lipinski definition) is 6. The molecular formula is C26H29N5O3. The van der Waals surface area contributed by atoms with Crippen LogP contribution in [0.5, 0.6) is 5.75 Å². The predicted molar refractivity (Wildman–Crippen MR) is 129 cm³/mol. The maximum Gasteiger partial charge on any atom is 0.359 e. The highest BCUT2D eigenvalue weighted by atomic mass is 16.5. The monoisotopic (exact) mass is 459 g/mol. The van der Waals surface area contributed by atoms with Crippen LogP contribution in [0.3, 0.4) is 0 Å². The van der Waals surface area contributed by atoms with E-state index in [9.17, 15) is 4.79 Å². The van der Waals surface area contributed by atoms with Gasteiger partial charge in [-0.15, -0.1) is 0 Å². The zero-order valence-electron chi connectivity index (χ0n) is 19.8. The molecule has 34 heavy (non-hydrogen) atoms. The highest BCUT2D eigenvalue weighted by Gasteiger charge is 2.29. The minimum atomic E-state index is -0.364. The van der Waals surface area contributed by atoms with Crippen LogP contribution in [0.2, 0.25) is 0 Å². The molecule has 5 rings (SSSR count). The van der Waals surface area contributed by atoms with Crippen LogP contribution >= 0.6 is 0 Å². The van der Waals surface area contributed by atoms with E-state index in [1.165, 1.54) is 0 Å². The molecule has 0 saturated carbocycles. The second-order valence-corrected chi connectivity index (χ2v) is 8.54. The number of rotatable bonds is 7. The first-order valence-electron chi connectivity index (χ1n) is 11.6. The predicted octanol–water partition coefficient (Wildman–Crippen LogP) is 3.56. The van der Waals surface area contributed by atoms with Gasteiger partial charge in [0.2, 0.25) is 0 Å². The highest BCUT2D eigenvalue weighted by Crippen LogP contribution is 2.26.